The Hall–Kier alpha value is -1.37. The van der Waals surface area contributed by atoms with Crippen molar-refractivity contribution in [3.8, 4) is 0 Å². The predicted molar refractivity (Wildman–Crippen MR) is 82.8 cm³/mol. The molecule has 1 rings (SSSR count). The Balaban J connectivity index is 2.47. The van der Waals surface area contributed by atoms with Gasteiger partial charge < -0.3 is 10.1 Å². The zero-order valence-electron chi connectivity index (χ0n) is 10.9. The molecule has 4 nitrogen and oxygen atoms in total. The normalized spacial score (nSPS) is 11.0. The third-order valence-electron chi connectivity index (χ3n) is 2.31. The summed E-state index contributed by atoms with van der Waals surface area (Å²) in [5, 5.41) is 2.69. The Morgan fingerprint density at radius 2 is 2.05 bits per heavy atom. The molecule has 0 heterocycles. The summed E-state index contributed by atoms with van der Waals surface area (Å²) in [5.41, 5.74) is 1.23. The highest BCUT2D eigenvalue weighted by Crippen LogP contribution is 2.16. The summed E-state index contributed by atoms with van der Waals surface area (Å²) < 4.78 is 5.84. The number of carbonyl (C=O) groups excluding carboxylic acids is 2. The van der Waals surface area contributed by atoms with Gasteiger partial charge in [-0.2, -0.15) is 0 Å². The van der Waals surface area contributed by atoms with Crippen molar-refractivity contribution >= 4 is 40.2 Å². The van der Waals surface area contributed by atoms with Gasteiger partial charge in [0, 0.05) is 9.14 Å². The number of carbonyl (C=O) groups is 2. The van der Waals surface area contributed by atoms with Gasteiger partial charge in [0.15, 0.2) is 6.61 Å². The van der Waals surface area contributed by atoms with Gasteiger partial charge in [-0.3, -0.25) is 4.79 Å². The third kappa shape index (κ3) is 5.42. The molecule has 0 aliphatic heterocycles. The first-order chi connectivity index (χ1) is 9.04. The van der Waals surface area contributed by atoms with Crippen LogP contribution in [0.1, 0.15) is 20.3 Å². The van der Waals surface area contributed by atoms with E-state index in [0.717, 1.165) is 9.99 Å². The van der Waals surface area contributed by atoms with Crippen molar-refractivity contribution in [2.75, 3.05) is 11.9 Å². The number of ether oxygens (including phenoxy) is 1. The summed E-state index contributed by atoms with van der Waals surface area (Å²) in [4.78, 5) is 23.1. The van der Waals surface area contributed by atoms with Crippen molar-refractivity contribution in [2.45, 2.75) is 20.3 Å². The molecule has 19 heavy (non-hydrogen) atoms. The van der Waals surface area contributed by atoms with Crippen LogP contribution in [0.15, 0.2) is 35.9 Å². The maximum absolute atomic E-state index is 11.6. The lowest BCUT2D eigenvalue weighted by molar-refractivity contribution is -0.143. The van der Waals surface area contributed by atoms with Gasteiger partial charge in [0.25, 0.3) is 5.91 Å². The van der Waals surface area contributed by atoms with Crippen molar-refractivity contribution in [3.05, 3.63) is 39.5 Å². The number of rotatable bonds is 5. The molecule has 0 saturated carbocycles. The maximum Gasteiger partial charge on any atom is 0.333 e. The summed E-state index contributed by atoms with van der Waals surface area (Å²) in [6.07, 6.45) is 2.52. The van der Waals surface area contributed by atoms with Crippen LogP contribution in [-0.4, -0.2) is 18.5 Å². The number of halogens is 1. The molecule has 0 aliphatic carbocycles. The van der Waals surface area contributed by atoms with E-state index in [2.05, 4.69) is 27.9 Å². The van der Waals surface area contributed by atoms with Crippen LogP contribution >= 0.6 is 22.6 Å². The second-order valence-electron chi connectivity index (χ2n) is 3.90. The Labute approximate surface area is 126 Å². The number of amides is 1. The number of hydrogen-bond donors (Lipinski definition) is 1. The number of benzene rings is 1. The highest BCUT2D eigenvalue weighted by molar-refractivity contribution is 14.1. The first-order valence-corrected chi connectivity index (χ1v) is 7.00. The van der Waals surface area contributed by atoms with Gasteiger partial charge in [0.1, 0.15) is 0 Å². The van der Waals surface area contributed by atoms with Crippen molar-refractivity contribution in [2.24, 2.45) is 0 Å². The summed E-state index contributed by atoms with van der Waals surface area (Å²) in [5.74, 6) is -0.804. The van der Waals surface area contributed by atoms with E-state index in [4.69, 9.17) is 4.74 Å². The van der Waals surface area contributed by atoms with E-state index in [1.165, 1.54) is 0 Å². The highest BCUT2D eigenvalue weighted by Gasteiger charge is 2.10. The van der Waals surface area contributed by atoms with Gasteiger partial charge in [-0.25, -0.2) is 4.79 Å². The molecule has 0 unspecified atom stereocenters. The van der Waals surface area contributed by atoms with Gasteiger partial charge in [-0.05, 0) is 48.1 Å². The van der Waals surface area contributed by atoms with Crippen LogP contribution in [0.3, 0.4) is 0 Å². The van der Waals surface area contributed by atoms with Gasteiger partial charge in [-0.1, -0.05) is 25.1 Å². The summed E-state index contributed by atoms with van der Waals surface area (Å²) in [6, 6.07) is 7.40. The van der Waals surface area contributed by atoms with E-state index in [1.54, 1.807) is 19.1 Å². The van der Waals surface area contributed by atoms with Crippen LogP contribution in [0.25, 0.3) is 0 Å². The summed E-state index contributed by atoms with van der Waals surface area (Å²) in [7, 11) is 0. The monoisotopic (exact) mass is 373 g/mol. The molecule has 0 aromatic heterocycles. The third-order valence-corrected chi connectivity index (χ3v) is 3.26. The SMILES string of the molecule is CC/C=C(/C)C(=O)OCC(=O)Nc1ccccc1I. The molecule has 0 aliphatic rings. The fourth-order valence-corrected chi connectivity index (χ4v) is 1.91. The molecule has 1 amide bonds. The van der Waals surface area contributed by atoms with Crippen LogP contribution in [0.4, 0.5) is 5.69 Å². The fourth-order valence-electron chi connectivity index (χ4n) is 1.38. The van der Waals surface area contributed by atoms with E-state index >= 15 is 0 Å². The molecule has 102 valence electrons. The molecule has 1 N–H and O–H groups in total. The zero-order valence-corrected chi connectivity index (χ0v) is 13.1. The van der Waals surface area contributed by atoms with Gasteiger partial charge in [0.05, 0.1) is 5.69 Å². The Morgan fingerprint density at radius 3 is 2.68 bits per heavy atom. The molecule has 0 fully saturated rings. The minimum Gasteiger partial charge on any atom is -0.452 e. The van der Waals surface area contributed by atoms with Crippen LogP contribution < -0.4 is 5.32 Å². The fraction of sp³-hybridized carbons (Fsp3) is 0.286. The van der Waals surface area contributed by atoms with Crippen molar-refractivity contribution in [1.82, 2.24) is 0 Å². The second kappa shape index (κ2) is 7.93. The van der Waals surface area contributed by atoms with Crippen molar-refractivity contribution in [3.63, 3.8) is 0 Å². The maximum atomic E-state index is 11.6. The average Bonchev–Trinajstić information content (AvgIpc) is 2.39. The number of anilines is 1. The van der Waals surface area contributed by atoms with Crippen LogP contribution in [0.2, 0.25) is 0 Å². The minimum atomic E-state index is -0.459. The predicted octanol–water partition coefficient (Wildman–Crippen LogP) is 3.13. The topological polar surface area (TPSA) is 55.4 Å². The largest absolute Gasteiger partial charge is 0.452 e. The lowest BCUT2D eigenvalue weighted by Crippen LogP contribution is -2.21. The highest BCUT2D eigenvalue weighted by atomic mass is 127. The minimum absolute atomic E-state index is 0.279. The zero-order chi connectivity index (χ0) is 14.3. The quantitative estimate of drug-likeness (QED) is 0.490. The van der Waals surface area contributed by atoms with Crippen molar-refractivity contribution < 1.29 is 14.3 Å². The first-order valence-electron chi connectivity index (χ1n) is 5.92. The number of para-hydroxylation sites is 1. The Kier molecular flexibility index (Phi) is 6.55. The van der Waals surface area contributed by atoms with Crippen LogP contribution in [0, 0.1) is 3.57 Å². The van der Waals surface area contributed by atoms with E-state index in [1.807, 2.05) is 25.1 Å². The van der Waals surface area contributed by atoms with E-state index in [9.17, 15) is 9.59 Å². The molecule has 5 heteroatoms. The molecule has 1 aromatic rings. The Bertz CT molecular complexity index is 497. The lowest BCUT2D eigenvalue weighted by atomic mass is 10.2. The van der Waals surface area contributed by atoms with Crippen LogP contribution in [0.5, 0.6) is 0 Å². The smallest absolute Gasteiger partial charge is 0.333 e. The first kappa shape index (κ1) is 15.7. The van der Waals surface area contributed by atoms with E-state index < -0.39 is 5.97 Å². The number of allylic oxidation sites excluding steroid dienone is 1. The standard InChI is InChI=1S/C14H16INO3/c1-3-6-10(2)14(18)19-9-13(17)16-12-8-5-4-7-11(12)15/h4-8H,3,9H2,1-2H3,(H,16,17)/b10-6-. The molecule has 0 radical (unpaired) electrons. The summed E-state index contributed by atoms with van der Waals surface area (Å²) in [6.45, 7) is 3.32. The summed E-state index contributed by atoms with van der Waals surface area (Å²) >= 11 is 2.13. The van der Waals surface area contributed by atoms with Gasteiger partial charge >= 0.3 is 5.97 Å². The van der Waals surface area contributed by atoms with Crippen LogP contribution in [-0.2, 0) is 14.3 Å². The number of hydrogen-bond acceptors (Lipinski definition) is 3. The molecule has 0 atom stereocenters. The Morgan fingerprint density at radius 1 is 1.37 bits per heavy atom. The molecule has 0 saturated heterocycles. The van der Waals surface area contributed by atoms with Gasteiger partial charge in [-0.15, -0.1) is 0 Å². The number of esters is 1. The lowest BCUT2D eigenvalue weighted by Gasteiger charge is -2.08. The molecule has 0 bridgehead atoms. The molecule has 1 aromatic carbocycles. The van der Waals surface area contributed by atoms with Crippen molar-refractivity contribution in [1.29, 1.82) is 0 Å². The molecule has 0 spiro atoms. The van der Waals surface area contributed by atoms with Gasteiger partial charge in [0.2, 0.25) is 0 Å². The molecular formula is C14H16INO3. The van der Waals surface area contributed by atoms with E-state index in [-0.39, 0.29) is 12.5 Å². The average molecular weight is 373 g/mol. The van der Waals surface area contributed by atoms with E-state index in [0.29, 0.717) is 11.3 Å². The molecular weight excluding hydrogens is 357 g/mol. The number of nitrogens with one attached hydrogen (secondary N) is 1. The second-order valence-corrected chi connectivity index (χ2v) is 5.06.